The smallest absolute Gasteiger partial charge is 0.184 e. The van der Waals surface area contributed by atoms with E-state index in [2.05, 4.69) is 31.9 Å². The molecule has 1 heterocycles. The number of benzene rings is 1. The van der Waals surface area contributed by atoms with Crippen LogP contribution >= 0.6 is 43.2 Å². The highest BCUT2D eigenvalue weighted by molar-refractivity contribution is 9.12. The zero-order chi connectivity index (χ0) is 14.0. The van der Waals surface area contributed by atoms with E-state index in [0.29, 0.717) is 6.54 Å². The fourth-order valence-corrected chi connectivity index (χ4v) is 4.76. The first kappa shape index (κ1) is 14.8. The second-order valence-electron chi connectivity index (χ2n) is 4.30. The number of para-hydroxylation sites is 1. The van der Waals surface area contributed by atoms with Crippen molar-refractivity contribution in [2.45, 2.75) is 6.92 Å². The van der Waals surface area contributed by atoms with Gasteiger partial charge in [-0.2, -0.15) is 0 Å². The Labute approximate surface area is 133 Å². The van der Waals surface area contributed by atoms with E-state index >= 15 is 0 Å². The zero-order valence-electron chi connectivity index (χ0n) is 10.6. The molecule has 1 aromatic carbocycles. The second kappa shape index (κ2) is 6.20. The van der Waals surface area contributed by atoms with Gasteiger partial charge in [-0.1, -0.05) is 18.2 Å². The molecule has 0 saturated carbocycles. The van der Waals surface area contributed by atoms with Crippen LogP contribution in [0.3, 0.4) is 0 Å². The van der Waals surface area contributed by atoms with Crippen molar-refractivity contribution in [1.82, 2.24) is 0 Å². The molecule has 0 saturated heterocycles. The lowest BCUT2D eigenvalue weighted by Gasteiger charge is -2.20. The molecule has 5 heteroatoms. The molecule has 19 heavy (non-hydrogen) atoms. The van der Waals surface area contributed by atoms with Gasteiger partial charge >= 0.3 is 0 Å². The Morgan fingerprint density at radius 3 is 2.58 bits per heavy atom. The molecule has 2 aromatic rings. The summed E-state index contributed by atoms with van der Waals surface area (Å²) in [6, 6.07) is 9.93. The molecule has 0 amide bonds. The van der Waals surface area contributed by atoms with Crippen LogP contribution in [0.5, 0.6) is 0 Å². The van der Waals surface area contributed by atoms with Crippen molar-refractivity contribution in [3.8, 4) is 0 Å². The number of aryl methyl sites for hydroxylation is 1. The highest BCUT2D eigenvalue weighted by Gasteiger charge is 2.16. The van der Waals surface area contributed by atoms with Crippen LogP contribution in [0, 0.1) is 6.92 Å². The van der Waals surface area contributed by atoms with Gasteiger partial charge in [0.2, 0.25) is 0 Å². The third-order valence-electron chi connectivity index (χ3n) is 2.86. The van der Waals surface area contributed by atoms with Gasteiger partial charge < -0.3 is 4.90 Å². The SMILES string of the molecule is Cc1ccccc1N(C)CC(=O)c1cc(Br)sc1Br. The molecule has 0 atom stereocenters. The molecule has 0 N–H and O–H groups in total. The van der Waals surface area contributed by atoms with Crippen molar-refractivity contribution in [1.29, 1.82) is 0 Å². The summed E-state index contributed by atoms with van der Waals surface area (Å²) in [5.74, 6) is 0.111. The minimum Gasteiger partial charge on any atom is -0.367 e. The molecule has 0 radical (unpaired) electrons. The summed E-state index contributed by atoms with van der Waals surface area (Å²) in [6.45, 7) is 2.42. The Morgan fingerprint density at radius 1 is 1.32 bits per heavy atom. The molecule has 2 rings (SSSR count). The van der Waals surface area contributed by atoms with Crippen molar-refractivity contribution in [2.24, 2.45) is 0 Å². The van der Waals surface area contributed by atoms with Crippen LogP contribution in [-0.4, -0.2) is 19.4 Å². The van der Waals surface area contributed by atoms with Gasteiger partial charge in [0.05, 0.1) is 14.1 Å². The molecule has 100 valence electrons. The first-order chi connectivity index (χ1) is 8.99. The summed E-state index contributed by atoms with van der Waals surface area (Å²) in [6.07, 6.45) is 0. The Hall–Kier alpha value is -0.650. The highest BCUT2D eigenvalue weighted by Crippen LogP contribution is 2.32. The maximum Gasteiger partial charge on any atom is 0.184 e. The van der Waals surface area contributed by atoms with Gasteiger partial charge in [-0.3, -0.25) is 4.79 Å². The maximum absolute atomic E-state index is 12.3. The second-order valence-corrected chi connectivity index (χ2v) is 8.05. The van der Waals surface area contributed by atoms with Gasteiger partial charge in [0.15, 0.2) is 5.78 Å². The van der Waals surface area contributed by atoms with Gasteiger partial charge in [-0.15, -0.1) is 11.3 Å². The molecule has 0 fully saturated rings. The summed E-state index contributed by atoms with van der Waals surface area (Å²) in [4.78, 5) is 14.3. The number of Topliss-reactive ketones (excluding diaryl/α,β-unsaturated/α-hetero) is 1. The molecule has 2 nitrogen and oxygen atoms in total. The molecular weight excluding hydrogens is 390 g/mol. The number of rotatable bonds is 4. The number of hydrogen-bond acceptors (Lipinski definition) is 3. The average Bonchev–Trinajstić information content (AvgIpc) is 2.69. The monoisotopic (exact) mass is 401 g/mol. The number of ketones is 1. The largest absolute Gasteiger partial charge is 0.367 e. The Balaban J connectivity index is 2.15. The topological polar surface area (TPSA) is 20.3 Å². The summed E-state index contributed by atoms with van der Waals surface area (Å²) in [5.41, 5.74) is 2.99. The maximum atomic E-state index is 12.3. The number of nitrogens with zero attached hydrogens (tertiary/aromatic N) is 1. The lowest BCUT2D eigenvalue weighted by molar-refractivity contribution is 0.1000. The van der Waals surface area contributed by atoms with E-state index in [1.54, 1.807) is 0 Å². The molecule has 1 aromatic heterocycles. The number of likely N-dealkylation sites (N-methyl/N-ethyl adjacent to an activating group) is 1. The number of anilines is 1. The van der Waals surface area contributed by atoms with Crippen LogP contribution in [0.4, 0.5) is 5.69 Å². The van der Waals surface area contributed by atoms with E-state index in [4.69, 9.17) is 0 Å². The molecule has 0 aliphatic carbocycles. The minimum atomic E-state index is 0.111. The summed E-state index contributed by atoms with van der Waals surface area (Å²) in [7, 11) is 1.94. The van der Waals surface area contributed by atoms with Crippen molar-refractivity contribution < 1.29 is 4.79 Å². The fraction of sp³-hybridized carbons (Fsp3) is 0.214. The lowest BCUT2D eigenvalue weighted by atomic mass is 10.1. The molecular formula is C14H13Br2NOS. The van der Waals surface area contributed by atoms with Gasteiger partial charge in [0, 0.05) is 18.3 Å². The van der Waals surface area contributed by atoms with Gasteiger partial charge in [-0.25, -0.2) is 0 Å². The Kier molecular flexibility index (Phi) is 4.81. The third kappa shape index (κ3) is 3.46. The predicted octanol–water partition coefficient (Wildman–Crippen LogP) is 4.90. The molecule has 0 aliphatic heterocycles. The van der Waals surface area contributed by atoms with E-state index < -0.39 is 0 Å². The molecule has 0 bridgehead atoms. The first-order valence-electron chi connectivity index (χ1n) is 5.74. The van der Waals surface area contributed by atoms with Crippen molar-refractivity contribution in [2.75, 3.05) is 18.5 Å². The van der Waals surface area contributed by atoms with Crippen molar-refractivity contribution >= 4 is 54.7 Å². The normalized spacial score (nSPS) is 10.5. The van der Waals surface area contributed by atoms with Crippen molar-refractivity contribution in [3.63, 3.8) is 0 Å². The average molecular weight is 403 g/mol. The summed E-state index contributed by atoms with van der Waals surface area (Å²) >= 11 is 8.34. The van der Waals surface area contributed by atoms with Crippen LogP contribution in [0.25, 0.3) is 0 Å². The van der Waals surface area contributed by atoms with E-state index in [1.807, 2.05) is 49.2 Å². The van der Waals surface area contributed by atoms with Crippen LogP contribution in [0.15, 0.2) is 37.9 Å². The van der Waals surface area contributed by atoms with Crippen LogP contribution in [-0.2, 0) is 0 Å². The zero-order valence-corrected chi connectivity index (χ0v) is 14.6. The molecule has 0 unspecified atom stereocenters. The number of thiophene rings is 1. The Bertz CT molecular complexity index is 609. The molecule has 0 spiro atoms. The fourth-order valence-electron chi connectivity index (χ4n) is 1.91. The standard InChI is InChI=1S/C14H13Br2NOS/c1-9-5-3-4-6-11(9)17(2)8-12(18)10-7-13(15)19-14(10)16/h3-7H,8H2,1-2H3. The number of hydrogen-bond donors (Lipinski definition) is 0. The van der Waals surface area contributed by atoms with Crippen LogP contribution in [0.1, 0.15) is 15.9 Å². The number of carbonyl (C=O) groups is 1. The first-order valence-corrected chi connectivity index (χ1v) is 8.14. The van der Waals surface area contributed by atoms with E-state index in [0.717, 1.165) is 18.8 Å². The quantitative estimate of drug-likeness (QED) is 0.677. The van der Waals surface area contributed by atoms with Crippen LogP contribution < -0.4 is 4.90 Å². The molecule has 0 aliphatic rings. The minimum absolute atomic E-state index is 0.111. The van der Waals surface area contributed by atoms with E-state index in [9.17, 15) is 4.79 Å². The van der Waals surface area contributed by atoms with Crippen LogP contribution in [0.2, 0.25) is 0 Å². The lowest BCUT2D eigenvalue weighted by Crippen LogP contribution is -2.26. The number of carbonyl (C=O) groups excluding carboxylic acids is 1. The number of halogens is 2. The van der Waals surface area contributed by atoms with Gasteiger partial charge in [0.1, 0.15) is 0 Å². The predicted molar refractivity (Wildman–Crippen MR) is 88.5 cm³/mol. The van der Waals surface area contributed by atoms with Gasteiger partial charge in [0.25, 0.3) is 0 Å². The van der Waals surface area contributed by atoms with Crippen molar-refractivity contribution in [3.05, 3.63) is 49.0 Å². The van der Waals surface area contributed by atoms with E-state index in [-0.39, 0.29) is 5.78 Å². The van der Waals surface area contributed by atoms with Gasteiger partial charge in [-0.05, 0) is 56.5 Å². The Morgan fingerprint density at radius 2 is 2.00 bits per heavy atom. The summed E-state index contributed by atoms with van der Waals surface area (Å²) in [5, 5.41) is 0. The van der Waals surface area contributed by atoms with E-state index in [1.165, 1.54) is 16.9 Å². The third-order valence-corrected chi connectivity index (χ3v) is 5.20. The highest BCUT2D eigenvalue weighted by atomic mass is 79.9. The summed E-state index contributed by atoms with van der Waals surface area (Å²) < 4.78 is 1.84.